The van der Waals surface area contributed by atoms with Crippen molar-refractivity contribution < 1.29 is 58.3 Å². The molecule has 6 unspecified atom stereocenters. The molecule has 12 nitrogen and oxygen atoms in total. The van der Waals surface area contributed by atoms with E-state index in [1.54, 1.807) is 0 Å². The van der Waals surface area contributed by atoms with Crippen LogP contribution >= 0.6 is 7.82 Å². The Morgan fingerprint density at radius 3 is 1.54 bits per heavy atom. The molecule has 13 heteroatoms. The zero-order valence-corrected chi connectivity index (χ0v) is 36.3. The van der Waals surface area contributed by atoms with Gasteiger partial charge < -0.3 is 39.9 Å². The molecular weight excluding hydrogens is 751 g/mol. The minimum Gasteiger partial charge on any atom is -0.457 e. The van der Waals surface area contributed by atoms with Gasteiger partial charge in [-0.25, -0.2) is 4.57 Å². The molecule has 0 spiro atoms. The zero-order chi connectivity index (χ0) is 42.0. The van der Waals surface area contributed by atoms with Gasteiger partial charge in [0.15, 0.2) is 0 Å². The summed E-state index contributed by atoms with van der Waals surface area (Å²) in [5.41, 5.74) is 0. The van der Waals surface area contributed by atoms with E-state index in [1.807, 2.05) is 0 Å². The monoisotopic (exact) mass is 833 g/mol. The minimum atomic E-state index is -5.02. The van der Waals surface area contributed by atoms with Crippen LogP contribution in [0, 0.1) is 0 Å². The smallest absolute Gasteiger partial charge is 0.457 e. The number of phosphoric acid groups is 1. The van der Waals surface area contributed by atoms with Crippen molar-refractivity contribution in [2.24, 2.45) is 0 Å². The number of ether oxygens (including phenoxy) is 2. The van der Waals surface area contributed by atoms with Gasteiger partial charge in [0.2, 0.25) is 0 Å². The summed E-state index contributed by atoms with van der Waals surface area (Å²) in [5.74, 6) is -0.488. The summed E-state index contributed by atoms with van der Waals surface area (Å²) in [6.07, 6.45) is 27.8. The van der Waals surface area contributed by atoms with E-state index in [0.29, 0.717) is 13.0 Å². The Hall–Kier alpha value is -1.44. The summed E-state index contributed by atoms with van der Waals surface area (Å²) < 4.78 is 34.1. The van der Waals surface area contributed by atoms with Crippen LogP contribution in [-0.4, -0.2) is 98.9 Å². The molecule has 0 heterocycles. The average Bonchev–Trinajstić information content (AvgIpc) is 3.19. The van der Waals surface area contributed by atoms with Gasteiger partial charge in [-0.15, -0.1) is 0 Å². The summed E-state index contributed by atoms with van der Waals surface area (Å²) in [6.45, 7) is 4.18. The lowest BCUT2D eigenvalue weighted by molar-refractivity contribution is -0.220. The second-order valence-electron chi connectivity index (χ2n) is 15.5. The number of hydrogen-bond donors (Lipinski definition) is 6. The number of phosphoric ester groups is 1. The van der Waals surface area contributed by atoms with Crippen LogP contribution in [-0.2, 0) is 27.9 Å². The molecule has 0 aromatic carbocycles. The third-order valence-electron chi connectivity index (χ3n) is 10.2. The predicted molar refractivity (Wildman–Crippen MR) is 226 cm³/mol. The Balaban J connectivity index is 2.41. The second kappa shape index (κ2) is 35.3. The summed E-state index contributed by atoms with van der Waals surface area (Å²) in [5, 5.41) is 50.1. The van der Waals surface area contributed by atoms with E-state index in [2.05, 4.69) is 50.3 Å². The van der Waals surface area contributed by atoms with Gasteiger partial charge in [0, 0.05) is 13.0 Å². The van der Waals surface area contributed by atoms with Gasteiger partial charge in [0.25, 0.3) is 0 Å². The fourth-order valence-electron chi connectivity index (χ4n) is 6.60. The number of carbonyl (C=O) groups is 1. The number of aliphatic hydroxyl groups excluding tert-OH is 5. The first-order chi connectivity index (χ1) is 27.5. The quantitative estimate of drug-likeness (QED) is 0.0151. The van der Waals surface area contributed by atoms with Gasteiger partial charge >= 0.3 is 13.8 Å². The van der Waals surface area contributed by atoms with Crippen LogP contribution in [0.2, 0.25) is 0 Å². The van der Waals surface area contributed by atoms with E-state index in [4.69, 9.17) is 18.5 Å². The van der Waals surface area contributed by atoms with Crippen molar-refractivity contribution in [2.75, 3.05) is 19.8 Å². The lowest BCUT2D eigenvalue weighted by atomic mass is 9.85. The molecule has 1 aliphatic rings. The first-order valence-electron chi connectivity index (χ1n) is 22.3. The van der Waals surface area contributed by atoms with Crippen molar-refractivity contribution >= 4 is 13.8 Å². The fraction of sp³-hybridized carbons (Fsp3) is 0.841. The largest absolute Gasteiger partial charge is 0.472 e. The predicted octanol–water partition coefficient (Wildman–Crippen LogP) is 8.70. The molecule has 1 fully saturated rings. The summed E-state index contributed by atoms with van der Waals surface area (Å²) in [7, 11) is -5.02. The van der Waals surface area contributed by atoms with E-state index in [0.717, 1.165) is 77.0 Å². The summed E-state index contributed by atoms with van der Waals surface area (Å²) in [6, 6.07) is 0. The number of unbranched alkanes of at least 4 members (excludes halogenated alkanes) is 19. The van der Waals surface area contributed by atoms with Crippen molar-refractivity contribution in [3.63, 3.8) is 0 Å². The van der Waals surface area contributed by atoms with Crippen molar-refractivity contribution in [3.05, 3.63) is 36.5 Å². The molecule has 0 bridgehead atoms. The van der Waals surface area contributed by atoms with Gasteiger partial charge in [-0.05, 0) is 64.2 Å². The molecule has 0 aromatic rings. The zero-order valence-electron chi connectivity index (χ0n) is 35.4. The Bertz CT molecular complexity index is 1090. The molecule has 57 heavy (non-hydrogen) atoms. The highest BCUT2D eigenvalue weighted by Crippen LogP contribution is 2.47. The molecule has 0 saturated heterocycles. The molecule has 6 N–H and O–H groups in total. The van der Waals surface area contributed by atoms with Crippen LogP contribution in [0.3, 0.4) is 0 Å². The number of hydrogen-bond acceptors (Lipinski definition) is 11. The number of rotatable bonds is 37. The van der Waals surface area contributed by atoms with E-state index < -0.39 is 63.1 Å². The molecule has 0 aliphatic heterocycles. The van der Waals surface area contributed by atoms with Crippen molar-refractivity contribution in [2.45, 2.75) is 217 Å². The van der Waals surface area contributed by atoms with Crippen LogP contribution in [0.4, 0.5) is 0 Å². The maximum Gasteiger partial charge on any atom is 0.472 e. The highest BCUT2D eigenvalue weighted by molar-refractivity contribution is 7.47. The molecular formula is C44H81O12P. The summed E-state index contributed by atoms with van der Waals surface area (Å²) in [4.78, 5) is 23.1. The van der Waals surface area contributed by atoms with E-state index in [9.17, 15) is 39.8 Å². The van der Waals surface area contributed by atoms with Gasteiger partial charge in [-0.3, -0.25) is 13.8 Å². The van der Waals surface area contributed by atoms with Crippen LogP contribution in [0.1, 0.15) is 174 Å². The van der Waals surface area contributed by atoms with E-state index in [-0.39, 0.29) is 13.0 Å². The SMILES string of the molecule is CCCC/C=C\CCCCCCCCOCC(COP(=O)(O)OC1C(O)C(O)C(O)C(O)C1O)OC(=O)CCCCCCCCC/C=C\C/C=C\CCCCCC. The van der Waals surface area contributed by atoms with Gasteiger partial charge in [-0.2, -0.15) is 0 Å². The topological polar surface area (TPSA) is 192 Å². The average molecular weight is 833 g/mol. The van der Waals surface area contributed by atoms with Gasteiger partial charge in [0.05, 0.1) is 13.2 Å². The highest BCUT2D eigenvalue weighted by Gasteiger charge is 2.51. The number of esters is 1. The fourth-order valence-corrected chi connectivity index (χ4v) is 7.57. The molecule has 334 valence electrons. The highest BCUT2D eigenvalue weighted by atomic mass is 31.2. The minimum absolute atomic E-state index is 0.0839. The Morgan fingerprint density at radius 1 is 0.561 bits per heavy atom. The van der Waals surface area contributed by atoms with Gasteiger partial charge in [0.1, 0.15) is 42.7 Å². The summed E-state index contributed by atoms with van der Waals surface area (Å²) >= 11 is 0. The molecule has 1 saturated carbocycles. The third kappa shape index (κ3) is 27.9. The molecule has 0 aromatic heterocycles. The lowest BCUT2D eigenvalue weighted by Crippen LogP contribution is -2.64. The molecule has 1 aliphatic carbocycles. The number of allylic oxidation sites excluding steroid dienone is 6. The molecule has 1 rings (SSSR count). The van der Waals surface area contributed by atoms with E-state index in [1.165, 1.54) is 70.6 Å². The van der Waals surface area contributed by atoms with Crippen molar-refractivity contribution in [1.82, 2.24) is 0 Å². The van der Waals surface area contributed by atoms with Crippen molar-refractivity contribution in [3.8, 4) is 0 Å². The lowest BCUT2D eigenvalue weighted by Gasteiger charge is -2.41. The second-order valence-corrected chi connectivity index (χ2v) is 16.9. The van der Waals surface area contributed by atoms with Crippen LogP contribution in [0.5, 0.6) is 0 Å². The maximum atomic E-state index is 12.8. The molecule has 0 radical (unpaired) electrons. The molecule has 0 amide bonds. The third-order valence-corrected chi connectivity index (χ3v) is 11.2. The normalized spacial score (nSPS) is 23.2. The standard InChI is InChI=1S/C44H81O12P/c1-3-5-7-9-11-13-15-17-18-19-20-21-22-23-25-27-29-31-33-38(45)55-37(35-53-34-32-30-28-26-24-16-14-12-10-8-6-4-2)36-54-57(51,52)56-44-42(49)40(47)39(46)41(48)43(44)50/h10,12-13,15,18-19,37,39-44,46-50H,3-9,11,14,16-17,20-36H2,1-2H3,(H,51,52)/b12-10-,15-13-,19-18-. The first kappa shape index (κ1) is 53.6. The first-order valence-corrected chi connectivity index (χ1v) is 23.8. The number of carbonyl (C=O) groups excluding carboxylic acids is 1. The van der Waals surface area contributed by atoms with E-state index >= 15 is 0 Å². The van der Waals surface area contributed by atoms with Crippen LogP contribution in [0.15, 0.2) is 36.5 Å². The van der Waals surface area contributed by atoms with Crippen LogP contribution in [0.25, 0.3) is 0 Å². The van der Waals surface area contributed by atoms with Crippen molar-refractivity contribution in [1.29, 1.82) is 0 Å². The Kier molecular flexibility index (Phi) is 33.2. The number of aliphatic hydroxyl groups is 5. The maximum absolute atomic E-state index is 12.8. The Morgan fingerprint density at radius 2 is 1.00 bits per heavy atom. The van der Waals surface area contributed by atoms with Gasteiger partial charge in [-0.1, -0.05) is 140 Å². The molecule has 6 atom stereocenters. The Labute approximate surface area is 344 Å². The van der Waals surface area contributed by atoms with Crippen LogP contribution < -0.4 is 0 Å².